The van der Waals surface area contributed by atoms with Crippen LogP contribution in [0.25, 0.3) is 12.2 Å². The van der Waals surface area contributed by atoms with Gasteiger partial charge in [-0.2, -0.15) is 0 Å². The highest BCUT2D eigenvalue weighted by molar-refractivity contribution is 6.02. The molecular formula is C51H53N3O6. The number of rotatable bonds is 4. The Kier molecular flexibility index (Phi) is 10.0. The van der Waals surface area contributed by atoms with E-state index in [1.54, 1.807) is 12.1 Å². The number of carbonyl (C=O) groups excluding carboxylic acids is 2. The van der Waals surface area contributed by atoms with Crippen LogP contribution in [-0.4, -0.2) is 54.6 Å². The van der Waals surface area contributed by atoms with E-state index in [-0.39, 0.29) is 60.4 Å². The highest BCUT2D eigenvalue weighted by Gasteiger charge is 2.44. The number of aromatic hydroxyl groups is 2. The number of H-pyrrole nitrogens is 2. The van der Waals surface area contributed by atoms with Gasteiger partial charge in [-0.25, -0.2) is 0 Å². The van der Waals surface area contributed by atoms with Crippen LogP contribution in [0.5, 0.6) is 17.2 Å². The number of hydrogen-bond donors (Lipinski definition) is 6. The number of carbonyl (C=O) groups is 2. The van der Waals surface area contributed by atoms with Crippen LogP contribution in [0.1, 0.15) is 126 Å². The average Bonchev–Trinajstić information content (AvgIpc) is 4.00. The molecule has 5 aromatic rings. The van der Waals surface area contributed by atoms with Gasteiger partial charge >= 0.3 is 0 Å². The lowest BCUT2D eigenvalue weighted by Crippen LogP contribution is -2.39. The monoisotopic (exact) mass is 803 g/mol. The summed E-state index contributed by atoms with van der Waals surface area (Å²) in [6.07, 6.45) is 17.4. The summed E-state index contributed by atoms with van der Waals surface area (Å²) in [5, 5.41) is 38.6. The van der Waals surface area contributed by atoms with E-state index in [9.17, 15) is 20.1 Å². The van der Waals surface area contributed by atoms with E-state index in [0.717, 1.165) is 89.0 Å². The number of Topliss-reactive ketones (excluding diaryl/α,β-unsaturated/α-hetero) is 2. The van der Waals surface area contributed by atoms with Gasteiger partial charge in [0.1, 0.15) is 23.1 Å². The summed E-state index contributed by atoms with van der Waals surface area (Å²) < 4.78 is 6.43. The van der Waals surface area contributed by atoms with Crippen LogP contribution in [0, 0.1) is 5.92 Å². The molecule has 1 saturated carbocycles. The van der Waals surface area contributed by atoms with Gasteiger partial charge in [0.05, 0.1) is 18.1 Å². The molecule has 6 N–H and O–H groups in total. The minimum absolute atomic E-state index is 0.0515. The zero-order valence-electron chi connectivity index (χ0n) is 33.9. The second-order valence-electron chi connectivity index (χ2n) is 17.9. The first-order valence-electron chi connectivity index (χ1n) is 21.9. The number of aromatic amines is 2. The molecule has 0 spiro atoms. The lowest BCUT2D eigenvalue weighted by Gasteiger charge is -2.39. The van der Waals surface area contributed by atoms with Crippen molar-refractivity contribution in [3.63, 3.8) is 0 Å². The molecule has 9 nitrogen and oxygen atoms in total. The van der Waals surface area contributed by atoms with E-state index in [2.05, 4.69) is 51.7 Å². The summed E-state index contributed by atoms with van der Waals surface area (Å²) in [5.41, 5.74) is 8.26. The molecule has 6 bridgehead atoms. The second kappa shape index (κ2) is 15.7. The molecule has 9 heteroatoms. The first-order valence-corrected chi connectivity index (χ1v) is 21.9. The van der Waals surface area contributed by atoms with E-state index < -0.39 is 17.4 Å². The molecule has 60 heavy (non-hydrogen) atoms. The number of nitrogens with one attached hydrogen (secondary N) is 3. The van der Waals surface area contributed by atoms with Crippen LogP contribution in [0.3, 0.4) is 0 Å². The fraction of sp³-hybridized carbons (Fsp3) is 0.373. The van der Waals surface area contributed by atoms with Gasteiger partial charge in [-0.15, -0.1) is 0 Å². The van der Waals surface area contributed by atoms with Crippen LogP contribution < -0.4 is 10.1 Å². The largest absolute Gasteiger partial charge is 0.507 e. The van der Waals surface area contributed by atoms with Crippen molar-refractivity contribution in [2.24, 2.45) is 5.92 Å². The number of hydrogen-bond acceptors (Lipinski definition) is 7. The number of aryl methyl sites for hydroxylation is 2. The maximum Gasteiger partial charge on any atom is 0.161 e. The third-order valence-corrected chi connectivity index (χ3v) is 14.0. The Hall–Kier alpha value is -5.80. The lowest BCUT2D eigenvalue weighted by molar-refractivity contribution is -0.129. The number of fused-ring (bicyclic) bond motifs is 14. The van der Waals surface area contributed by atoms with E-state index in [4.69, 9.17) is 4.74 Å². The summed E-state index contributed by atoms with van der Waals surface area (Å²) in [4.78, 5) is 36.1. The van der Waals surface area contributed by atoms with Crippen LogP contribution in [-0.2, 0) is 28.9 Å². The number of aliphatic hydroxyl groups is 1. The molecular weight excluding hydrogens is 751 g/mol. The smallest absolute Gasteiger partial charge is 0.161 e. The van der Waals surface area contributed by atoms with Crippen molar-refractivity contribution in [1.82, 2.24) is 9.97 Å². The van der Waals surface area contributed by atoms with Crippen molar-refractivity contribution in [3.8, 4) is 17.2 Å². The first kappa shape index (κ1) is 38.4. The first-order chi connectivity index (χ1) is 29.2. The number of benzene rings is 3. The van der Waals surface area contributed by atoms with E-state index in [0.29, 0.717) is 37.0 Å². The SMILES string of the molecule is O=C1CCc2cc(c(O)c(OC3CCCC3)c2)Cc2cccc(c2)C2CCC(Nc3[nH]ccc32)C2=Cc3[nH]ccc3C(CC3(O)C=Cc4c(O)cccc4CC3)C2C(=O)C1. The number of aromatic nitrogens is 2. The molecule has 5 atom stereocenters. The second-order valence-corrected chi connectivity index (χ2v) is 17.9. The normalized spacial score (nSPS) is 25.4. The van der Waals surface area contributed by atoms with Gasteiger partial charge in [-0.1, -0.05) is 54.6 Å². The number of anilines is 1. The average molecular weight is 804 g/mol. The molecule has 3 heterocycles. The van der Waals surface area contributed by atoms with Crippen LogP contribution >= 0.6 is 0 Å². The Morgan fingerprint density at radius 1 is 0.800 bits per heavy atom. The number of ether oxygens (including phenoxy) is 1. The molecule has 5 aliphatic rings. The van der Waals surface area contributed by atoms with E-state index >= 15 is 4.79 Å². The minimum atomic E-state index is -1.28. The Balaban J connectivity index is 1.05. The van der Waals surface area contributed by atoms with Gasteiger partial charge in [0, 0.05) is 71.4 Å². The molecule has 0 saturated heterocycles. The van der Waals surface area contributed by atoms with Crippen LogP contribution in [0.15, 0.2) is 90.8 Å². The Labute approximate surface area is 350 Å². The predicted molar refractivity (Wildman–Crippen MR) is 233 cm³/mol. The van der Waals surface area contributed by atoms with E-state index in [1.807, 2.05) is 48.8 Å². The van der Waals surface area contributed by atoms with Crippen molar-refractivity contribution in [1.29, 1.82) is 0 Å². The Morgan fingerprint density at radius 3 is 2.52 bits per heavy atom. The fourth-order valence-corrected chi connectivity index (χ4v) is 10.9. The predicted octanol–water partition coefficient (Wildman–Crippen LogP) is 9.42. The van der Waals surface area contributed by atoms with Gasteiger partial charge in [-0.3, -0.25) is 9.59 Å². The molecule has 5 unspecified atom stereocenters. The van der Waals surface area contributed by atoms with Crippen molar-refractivity contribution in [2.45, 2.75) is 113 Å². The summed E-state index contributed by atoms with van der Waals surface area (Å²) in [6, 6.07) is 21.9. The molecule has 1 aliphatic heterocycles. The number of phenols is 2. The van der Waals surface area contributed by atoms with Gasteiger partial charge in [0.15, 0.2) is 11.5 Å². The zero-order valence-corrected chi connectivity index (χ0v) is 33.9. The lowest BCUT2D eigenvalue weighted by atomic mass is 9.67. The van der Waals surface area contributed by atoms with Crippen molar-refractivity contribution in [3.05, 3.63) is 141 Å². The summed E-state index contributed by atoms with van der Waals surface area (Å²) in [7, 11) is 0. The molecule has 2 aromatic heterocycles. The van der Waals surface area contributed by atoms with Gasteiger partial charge in [-0.05, 0) is 128 Å². The van der Waals surface area contributed by atoms with Gasteiger partial charge in [0.25, 0.3) is 0 Å². The Bertz CT molecular complexity index is 2520. The fourth-order valence-electron chi connectivity index (χ4n) is 10.9. The molecule has 3 aromatic carbocycles. The third-order valence-electron chi connectivity index (χ3n) is 14.0. The van der Waals surface area contributed by atoms with Crippen molar-refractivity contribution < 1.29 is 29.6 Å². The summed E-state index contributed by atoms with van der Waals surface area (Å²) in [6.45, 7) is 0. The van der Waals surface area contributed by atoms with Crippen molar-refractivity contribution in [2.75, 3.05) is 5.32 Å². The quantitative estimate of drug-likeness (QED) is 0.0993. The summed E-state index contributed by atoms with van der Waals surface area (Å²) >= 11 is 0. The van der Waals surface area contributed by atoms with Crippen molar-refractivity contribution >= 4 is 29.5 Å². The highest BCUT2D eigenvalue weighted by Crippen LogP contribution is 2.49. The minimum Gasteiger partial charge on any atom is -0.507 e. The zero-order chi connectivity index (χ0) is 41.0. The number of phenolic OH excluding ortho intramolecular Hbond substituents is 2. The molecule has 4 aliphatic carbocycles. The third kappa shape index (κ3) is 7.38. The summed E-state index contributed by atoms with van der Waals surface area (Å²) in [5.74, 6) is 0.388. The maximum absolute atomic E-state index is 15.1. The van der Waals surface area contributed by atoms with Crippen LogP contribution in [0.2, 0.25) is 0 Å². The topological polar surface area (TPSA) is 148 Å². The molecule has 10 rings (SSSR count). The molecule has 0 amide bonds. The van der Waals surface area contributed by atoms with Crippen LogP contribution in [0.4, 0.5) is 5.82 Å². The maximum atomic E-state index is 15.1. The van der Waals surface area contributed by atoms with Gasteiger partial charge in [0.2, 0.25) is 0 Å². The Morgan fingerprint density at radius 2 is 1.63 bits per heavy atom. The van der Waals surface area contributed by atoms with Gasteiger partial charge < -0.3 is 35.3 Å². The standard InChI is InChI=1S/C51H53N3O6/c55-35-12-11-31-25-34(49(58)47(26-31)60-36-8-1-2-9-36)24-30-5-3-7-33(23-30)37-13-14-43(54-50-40(37)18-22-53-50)41-28-44-39(17-21-52-44)42(48(41)46(57)27-35)29-51(59)19-15-32-6-4-10-45(56)38(32)16-20-51/h3-7,10,16-18,20-23,25-26,28,36-37,42-43,48,52-54,56,58-59H,1-2,8-9,11-15,19,24,27,29H2. The molecule has 0 radical (unpaired) electrons. The number of ketones is 2. The highest BCUT2D eigenvalue weighted by atomic mass is 16.5. The molecule has 308 valence electrons. The van der Waals surface area contributed by atoms with E-state index in [1.165, 1.54) is 5.56 Å². The molecule has 1 fully saturated rings.